The van der Waals surface area contributed by atoms with Gasteiger partial charge >= 0.3 is 0 Å². The van der Waals surface area contributed by atoms with Crippen LogP contribution in [0.4, 0.5) is 4.39 Å². The summed E-state index contributed by atoms with van der Waals surface area (Å²) in [6.45, 7) is 5.05. The van der Waals surface area contributed by atoms with E-state index in [2.05, 4.69) is 5.32 Å². The Hall–Kier alpha value is -3.34. The maximum Gasteiger partial charge on any atom is 0.251 e. The molecule has 1 N–H and O–H groups in total. The van der Waals surface area contributed by atoms with Gasteiger partial charge in [0.15, 0.2) is 0 Å². The highest BCUT2D eigenvalue weighted by Gasteiger charge is 2.11. The zero-order chi connectivity index (χ0) is 20.6. The quantitative estimate of drug-likeness (QED) is 0.583. The highest BCUT2D eigenvalue weighted by Crippen LogP contribution is 2.23. The van der Waals surface area contributed by atoms with E-state index >= 15 is 0 Å². The third-order valence-corrected chi connectivity index (χ3v) is 4.37. The summed E-state index contributed by atoms with van der Waals surface area (Å²) < 4.78 is 24.6. The molecular formula is C24H24FNO3. The van der Waals surface area contributed by atoms with Crippen molar-refractivity contribution in [2.45, 2.75) is 27.0 Å². The Kier molecular flexibility index (Phi) is 6.85. The van der Waals surface area contributed by atoms with Crippen LogP contribution in [0.3, 0.4) is 0 Å². The molecule has 0 aromatic heterocycles. The Balaban J connectivity index is 1.70. The first-order valence-corrected chi connectivity index (χ1v) is 9.53. The van der Waals surface area contributed by atoms with Crippen LogP contribution < -0.4 is 14.8 Å². The molecule has 1 amide bonds. The molecule has 5 heteroatoms. The molecule has 0 spiro atoms. The van der Waals surface area contributed by atoms with Crippen LogP contribution in [0.2, 0.25) is 0 Å². The van der Waals surface area contributed by atoms with E-state index in [0.717, 1.165) is 22.4 Å². The number of nitrogens with one attached hydrogen (secondary N) is 1. The smallest absolute Gasteiger partial charge is 0.251 e. The van der Waals surface area contributed by atoms with Crippen molar-refractivity contribution in [2.24, 2.45) is 0 Å². The summed E-state index contributed by atoms with van der Waals surface area (Å²) in [5.74, 6) is 0.938. The molecule has 0 bridgehead atoms. The van der Waals surface area contributed by atoms with Gasteiger partial charge in [-0.25, -0.2) is 4.39 Å². The molecule has 0 radical (unpaired) electrons. The Morgan fingerprint density at radius 1 is 1.00 bits per heavy atom. The Labute approximate surface area is 170 Å². The first kappa shape index (κ1) is 20.4. The fourth-order valence-electron chi connectivity index (χ4n) is 2.88. The minimum atomic E-state index is -0.301. The van der Waals surface area contributed by atoms with Gasteiger partial charge in [-0.15, -0.1) is 0 Å². The van der Waals surface area contributed by atoms with Gasteiger partial charge in [0.2, 0.25) is 0 Å². The largest absolute Gasteiger partial charge is 0.493 e. The molecule has 4 nitrogen and oxygen atoms in total. The molecule has 29 heavy (non-hydrogen) atoms. The van der Waals surface area contributed by atoms with Gasteiger partial charge in [-0.05, 0) is 67.4 Å². The molecule has 3 rings (SSSR count). The average Bonchev–Trinajstić information content (AvgIpc) is 2.72. The summed E-state index contributed by atoms with van der Waals surface area (Å²) in [4.78, 5) is 12.6. The van der Waals surface area contributed by atoms with Crippen molar-refractivity contribution >= 4 is 5.91 Å². The van der Waals surface area contributed by atoms with E-state index in [9.17, 15) is 9.18 Å². The van der Waals surface area contributed by atoms with E-state index in [-0.39, 0.29) is 18.3 Å². The van der Waals surface area contributed by atoms with Crippen molar-refractivity contribution in [1.29, 1.82) is 0 Å². The van der Waals surface area contributed by atoms with Gasteiger partial charge < -0.3 is 14.8 Å². The summed E-state index contributed by atoms with van der Waals surface area (Å²) in [5.41, 5.74) is 3.25. The lowest BCUT2D eigenvalue weighted by atomic mass is 10.1. The summed E-state index contributed by atoms with van der Waals surface area (Å²) in [6.07, 6.45) is 0. The molecule has 0 aliphatic carbocycles. The minimum absolute atomic E-state index is 0.214. The molecule has 3 aromatic carbocycles. The highest BCUT2D eigenvalue weighted by atomic mass is 19.1. The molecule has 0 atom stereocenters. The number of carbonyl (C=O) groups is 1. The van der Waals surface area contributed by atoms with Crippen molar-refractivity contribution in [1.82, 2.24) is 5.32 Å². The number of hydrogen-bond acceptors (Lipinski definition) is 3. The molecule has 0 fully saturated rings. The van der Waals surface area contributed by atoms with E-state index in [1.807, 2.05) is 38.1 Å². The maximum atomic E-state index is 13.0. The molecule has 3 aromatic rings. The lowest BCUT2D eigenvalue weighted by Crippen LogP contribution is -2.23. The average molecular weight is 393 g/mol. The molecular weight excluding hydrogens is 369 g/mol. The summed E-state index contributed by atoms with van der Waals surface area (Å²) in [5, 5.41) is 2.85. The Bertz CT molecular complexity index is 970. The van der Waals surface area contributed by atoms with Crippen LogP contribution >= 0.6 is 0 Å². The molecule has 0 saturated heterocycles. The third-order valence-electron chi connectivity index (χ3n) is 4.37. The van der Waals surface area contributed by atoms with Crippen LogP contribution in [0.15, 0.2) is 66.7 Å². The zero-order valence-electron chi connectivity index (χ0n) is 16.6. The number of amides is 1. The van der Waals surface area contributed by atoms with E-state index in [4.69, 9.17) is 9.47 Å². The van der Waals surface area contributed by atoms with Gasteiger partial charge in [-0.3, -0.25) is 4.79 Å². The van der Waals surface area contributed by atoms with Crippen molar-refractivity contribution < 1.29 is 18.7 Å². The second-order valence-corrected chi connectivity index (χ2v) is 6.67. The van der Waals surface area contributed by atoms with Crippen LogP contribution in [-0.2, 0) is 13.2 Å². The molecule has 150 valence electrons. The predicted octanol–water partition coefficient (Wildman–Crippen LogP) is 5.04. The van der Waals surface area contributed by atoms with Gasteiger partial charge in [-0.2, -0.15) is 0 Å². The number of carbonyl (C=O) groups excluding carboxylic acids is 1. The molecule has 0 heterocycles. The molecule has 0 saturated carbocycles. The van der Waals surface area contributed by atoms with Gasteiger partial charge in [0.1, 0.15) is 23.9 Å². The minimum Gasteiger partial charge on any atom is -0.493 e. The van der Waals surface area contributed by atoms with Crippen molar-refractivity contribution in [3.63, 3.8) is 0 Å². The highest BCUT2D eigenvalue weighted by molar-refractivity contribution is 5.94. The Morgan fingerprint density at radius 3 is 2.52 bits per heavy atom. The van der Waals surface area contributed by atoms with E-state index in [0.29, 0.717) is 24.5 Å². The summed E-state index contributed by atoms with van der Waals surface area (Å²) >= 11 is 0. The first-order valence-electron chi connectivity index (χ1n) is 9.53. The zero-order valence-corrected chi connectivity index (χ0v) is 16.6. The van der Waals surface area contributed by atoms with Crippen LogP contribution in [0.25, 0.3) is 0 Å². The van der Waals surface area contributed by atoms with Crippen LogP contribution in [-0.4, -0.2) is 12.5 Å². The SMILES string of the molecule is CCOc1ccc(C(=O)NCc2ccc(F)cc2)cc1COc1cccc(C)c1. The second kappa shape index (κ2) is 9.73. The fraction of sp³-hybridized carbons (Fsp3) is 0.208. The van der Waals surface area contributed by atoms with Crippen molar-refractivity contribution in [3.05, 3.63) is 94.8 Å². The second-order valence-electron chi connectivity index (χ2n) is 6.67. The van der Waals surface area contributed by atoms with Gasteiger partial charge in [0, 0.05) is 17.7 Å². The molecule has 0 unspecified atom stereocenters. The third kappa shape index (κ3) is 5.82. The van der Waals surface area contributed by atoms with Crippen LogP contribution in [0.5, 0.6) is 11.5 Å². The van der Waals surface area contributed by atoms with Crippen LogP contribution in [0, 0.1) is 12.7 Å². The standard InChI is InChI=1S/C24H24FNO3/c1-3-28-23-12-9-19(24(27)26-15-18-7-10-21(25)11-8-18)14-20(23)16-29-22-6-4-5-17(2)13-22/h4-14H,3,15-16H2,1-2H3,(H,26,27). The van der Waals surface area contributed by atoms with E-state index in [1.165, 1.54) is 12.1 Å². The predicted molar refractivity (Wildman–Crippen MR) is 111 cm³/mol. The number of halogens is 1. The van der Waals surface area contributed by atoms with Crippen LogP contribution in [0.1, 0.15) is 34.0 Å². The number of hydrogen-bond donors (Lipinski definition) is 1. The van der Waals surface area contributed by atoms with Crippen molar-refractivity contribution in [2.75, 3.05) is 6.61 Å². The summed E-state index contributed by atoms with van der Waals surface area (Å²) in [6, 6.07) is 19.1. The normalized spacial score (nSPS) is 10.4. The molecule has 0 aliphatic heterocycles. The van der Waals surface area contributed by atoms with E-state index < -0.39 is 0 Å². The fourth-order valence-corrected chi connectivity index (χ4v) is 2.88. The number of benzene rings is 3. The lowest BCUT2D eigenvalue weighted by molar-refractivity contribution is 0.0950. The number of aryl methyl sites for hydroxylation is 1. The monoisotopic (exact) mass is 393 g/mol. The molecule has 0 aliphatic rings. The summed E-state index contributed by atoms with van der Waals surface area (Å²) in [7, 11) is 0. The van der Waals surface area contributed by atoms with Gasteiger partial charge in [0.05, 0.1) is 6.61 Å². The Morgan fingerprint density at radius 2 is 1.79 bits per heavy atom. The van der Waals surface area contributed by atoms with Gasteiger partial charge in [0.25, 0.3) is 5.91 Å². The first-order chi connectivity index (χ1) is 14.0. The topological polar surface area (TPSA) is 47.6 Å². The van der Waals surface area contributed by atoms with Gasteiger partial charge in [-0.1, -0.05) is 24.3 Å². The number of rotatable bonds is 8. The maximum absolute atomic E-state index is 13.0. The van der Waals surface area contributed by atoms with Crippen molar-refractivity contribution in [3.8, 4) is 11.5 Å². The number of ether oxygens (including phenoxy) is 2. The lowest BCUT2D eigenvalue weighted by Gasteiger charge is -2.14. The van der Waals surface area contributed by atoms with E-state index in [1.54, 1.807) is 30.3 Å².